The first-order chi connectivity index (χ1) is 16.9. The molecule has 0 saturated heterocycles. The Balaban J connectivity index is 2.04. The minimum atomic E-state index is -4.84. The lowest BCUT2D eigenvalue weighted by Crippen LogP contribution is -2.13. The zero-order valence-corrected chi connectivity index (χ0v) is 19.1. The van der Waals surface area contributed by atoms with Gasteiger partial charge in [-0.3, -0.25) is 14.9 Å². The van der Waals surface area contributed by atoms with Gasteiger partial charge in [0, 0.05) is 22.3 Å². The number of amides is 1. The highest BCUT2D eigenvalue weighted by atomic mass is 35.5. The van der Waals surface area contributed by atoms with Gasteiger partial charge in [-0.05, 0) is 54.6 Å². The van der Waals surface area contributed by atoms with Gasteiger partial charge < -0.3 is 10.1 Å². The van der Waals surface area contributed by atoms with E-state index in [9.17, 15) is 37.7 Å². The van der Waals surface area contributed by atoms with Crippen LogP contribution < -0.4 is 10.1 Å². The molecule has 1 N–H and O–H groups in total. The highest BCUT2D eigenvalue weighted by Crippen LogP contribution is 2.42. The minimum Gasteiger partial charge on any atom is -0.448 e. The molecule has 36 heavy (non-hydrogen) atoms. The maximum Gasteiger partial charge on any atom is 0.416 e. The smallest absolute Gasteiger partial charge is 0.416 e. The summed E-state index contributed by atoms with van der Waals surface area (Å²) in [5, 5.41) is 23.1. The summed E-state index contributed by atoms with van der Waals surface area (Å²) in [6, 6.07) is 10.4. The molecule has 3 rings (SSSR count). The van der Waals surface area contributed by atoms with E-state index < -0.39 is 45.4 Å². The fraction of sp³-hybridized carbons (Fsp3) is 0.0435. The van der Waals surface area contributed by atoms with Crippen molar-refractivity contribution in [2.24, 2.45) is 0 Å². The number of anilines is 1. The third-order valence-corrected chi connectivity index (χ3v) is 5.00. The van der Waals surface area contributed by atoms with Crippen LogP contribution in [0, 0.1) is 27.3 Å². The molecule has 184 valence electrons. The van der Waals surface area contributed by atoms with Crippen molar-refractivity contribution in [2.45, 2.75) is 6.18 Å². The first kappa shape index (κ1) is 26.5. The average Bonchev–Trinajstić information content (AvgIpc) is 2.80. The van der Waals surface area contributed by atoms with Crippen molar-refractivity contribution < 1.29 is 32.0 Å². The monoisotopic (exact) mass is 539 g/mol. The lowest BCUT2D eigenvalue weighted by Gasteiger charge is -2.13. The van der Waals surface area contributed by atoms with Crippen molar-refractivity contribution in [3.05, 3.63) is 97.3 Å². The molecule has 0 saturated carbocycles. The van der Waals surface area contributed by atoms with E-state index >= 15 is 0 Å². The van der Waals surface area contributed by atoms with E-state index in [0.717, 1.165) is 24.3 Å². The number of alkyl halides is 3. The molecular formula is C23H11Cl2F4N3O4. The number of hydrogen-bond acceptors (Lipinski definition) is 5. The Labute approximate surface area is 210 Å². The summed E-state index contributed by atoms with van der Waals surface area (Å²) in [5.74, 6) is -2.34. The van der Waals surface area contributed by atoms with E-state index in [-0.39, 0.29) is 27.0 Å². The molecule has 13 heteroatoms. The number of hydrogen-bond donors (Lipinski definition) is 1. The van der Waals surface area contributed by atoms with Crippen LogP contribution in [0.1, 0.15) is 11.1 Å². The summed E-state index contributed by atoms with van der Waals surface area (Å²) in [4.78, 5) is 22.9. The second-order valence-electron chi connectivity index (χ2n) is 6.98. The molecule has 0 bridgehead atoms. The highest BCUT2D eigenvalue weighted by molar-refractivity contribution is 6.36. The molecule has 0 aliphatic heterocycles. The number of nitro groups is 1. The molecule has 3 aromatic carbocycles. The lowest BCUT2D eigenvalue weighted by atomic mass is 10.1. The van der Waals surface area contributed by atoms with Crippen LogP contribution >= 0.6 is 23.2 Å². The van der Waals surface area contributed by atoms with Gasteiger partial charge in [0.1, 0.15) is 17.5 Å². The van der Waals surface area contributed by atoms with E-state index in [0.29, 0.717) is 12.1 Å². The SMILES string of the molecule is N#C/C(=C\c1cc(Cl)cc(Cl)c1Oc1ccc(C(F)(F)F)cc1[N+](=O)[O-])C(=O)Nc1ccc(F)cc1. The normalized spacial score (nSPS) is 11.5. The van der Waals surface area contributed by atoms with Gasteiger partial charge in [-0.1, -0.05) is 23.2 Å². The summed E-state index contributed by atoms with van der Waals surface area (Å²) >= 11 is 12.2. The Morgan fingerprint density at radius 1 is 1.11 bits per heavy atom. The number of carbonyl (C=O) groups excluding carboxylic acids is 1. The summed E-state index contributed by atoms with van der Waals surface area (Å²) in [5.41, 5.74) is -2.64. The van der Waals surface area contributed by atoms with E-state index in [2.05, 4.69) is 5.32 Å². The molecule has 0 aliphatic rings. The van der Waals surface area contributed by atoms with Gasteiger partial charge in [-0.2, -0.15) is 18.4 Å². The fourth-order valence-corrected chi connectivity index (χ4v) is 3.41. The van der Waals surface area contributed by atoms with Crippen LogP contribution in [0.25, 0.3) is 6.08 Å². The third kappa shape index (κ3) is 6.29. The second-order valence-corrected chi connectivity index (χ2v) is 7.82. The van der Waals surface area contributed by atoms with E-state index in [1.54, 1.807) is 6.07 Å². The molecule has 1 amide bonds. The summed E-state index contributed by atoms with van der Waals surface area (Å²) in [6.45, 7) is 0. The Hall–Kier alpha value is -4.14. The number of carbonyl (C=O) groups is 1. The number of rotatable bonds is 6. The van der Waals surface area contributed by atoms with Gasteiger partial charge in [0.05, 0.1) is 15.5 Å². The number of benzene rings is 3. The van der Waals surface area contributed by atoms with Crippen molar-refractivity contribution in [3.8, 4) is 17.6 Å². The molecule has 0 atom stereocenters. The molecule has 0 unspecified atom stereocenters. The molecule has 0 radical (unpaired) electrons. The Morgan fingerprint density at radius 2 is 1.78 bits per heavy atom. The Bertz CT molecular complexity index is 1420. The van der Waals surface area contributed by atoms with E-state index in [1.165, 1.54) is 24.3 Å². The Morgan fingerprint density at radius 3 is 2.36 bits per heavy atom. The van der Waals surface area contributed by atoms with Gasteiger partial charge in [0.15, 0.2) is 5.75 Å². The fourth-order valence-electron chi connectivity index (χ4n) is 2.86. The largest absolute Gasteiger partial charge is 0.448 e. The second kappa shape index (κ2) is 10.6. The number of nitrogens with zero attached hydrogens (tertiary/aromatic N) is 2. The van der Waals surface area contributed by atoms with E-state index in [4.69, 9.17) is 27.9 Å². The molecule has 0 aromatic heterocycles. The van der Waals surface area contributed by atoms with Crippen molar-refractivity contribution >= 4 is 46.6 Å². The van der Waals surface area contributed by atoms with Crippen LogP contribution in [-0.4, -0.2) is 10.8 Å². The number of nitriles is 1. The number of ether oxygens (including phenoxy) is 1. The third-order valence-electron chi connectivity index (χ3n) is 4.50. The van der Waals surface area contributed by atoms with Crippen molar-refractivity contribution in [1.82, 2.24) is 0 Å². The molecule has 0 heterocycles. The predicted octanol–water partition coefficient (Wildman–Crippen LogP) is 7.40. The molecular weight excluding hydrogens is 529 g/mol. The van der Waals surface area contributed by atoms with Crippen LogP contribution in [0.15, 0.2) is 60.2 Å². The Kier molecular flexibility index (Phi) is 7.82. The van der Waals surface area contributed by atoms with Crippen LogP contribution in [0.2, 0.25) is 10.0 Å². The van der Waals surface area contributed by atoms with Crippen LogP contribution in [0.4, 0.5) is 28.9 Å². The number of halogens is 6. The zero-order chi connectivity index (χ0) is 26.6. The quantitative estimate of drug-likeness (QED) is 0.115. The predicted molar refractivity (Wildman–Crippen MR) is 123 cm³/mol. The van der Waals surface area contributed by atoms with E-state index in [1.807, 2.05) is 0 Å². The van der Waals surface area contributed by atoms with Gasteiger partial charge in [0.2, 0.25) is 5.75 Å². The van der Waals surface area contributed by atoms with Crippen molar-refractivity contribution in [3.63, 3.8) is 0 Å². The van der Waals surface area contributed by atoms with Crippen LogP contribution in [0.5, 0.6) is 11.5 Å². The summed E-state index contributed by atoms with van der Waals surface area (Å²) < 4.78 is 57.6. The average molecular weight is 540 g/mol. The maximum atomic E-state index is 13.1. The van der Waals surface area contributed by atoms with Crippen molar-refractivity contribution in [2.75, 3.05) is 5.32 Å². The lowest BCUT2D eigenvalue weighted by molar-refractivity contribution is -0.385. The van der Waals surface area contributed by atoms with Gasteiger partial charge in [0.25, 0.3) is 5.91 Å². The van der Waals surface area contributed by atoms with Crippen LogP contribution in [0.3, 0.4) is 0 Å². The first-order valence-corrected chi connectivity index (χ1v) is 10.4. The number of nitro benzene ring substituents is 1. The molecule has 0 fully saturated rings. The molecule has 0 aliphatic carbocycles. The highest BCUT2D eigenvalue weighted by Gasteiger charge is 2.33. The van der Waals surface area contributed by atoms with Gasteiger partial charge >= 0.3 is 11.9 Å². The summed E-state index contributed by atoms with van der Waals surface area (Å²) in [7, 11) is 0. The maximum absolute atomic E-state index is 13.1. The number of nitrogens with one attached hydrogen (secondary N) is 1. The topological polar surface area (TPSA) is 105 Å². The summed E-state index contributed by atoms with van der Waals surface area (Å²) in [6.07, 6.45) is -3.82. The zero-order valence-electron chi connectivity index (χ0n) is 17.6. The van der Waals surface area contributed by atoms with Crippen molar-refractivity contribution in [1.29, 1.82) is 5.26 Å². The molecule has 3 aromatic rings. The first-order valence-electron chi connectivity index (χ1n) is 9.60. The standard InChI is InChI=1S/C23H11Cl2F4N3O4/c24-15-8-12(7-13(11-30)22(33)31-17-4-2-16(26)3-5-17)21(18(25)10-15)36-20-6-1-14(23(27,28)29)9-19(20)32(34)35/h1-10H,(H,31,33)/b13-7+. The van der Waals surface area contributed by atoms with Crippen LogP contribution in [-0.2, 0) is 11.0 Å². The van der Waals surface area contributed by atoms with Gasteiger partial charge in [-0.15, -0.1) is 0 Å². The molecule has 0 spiro atoms. The van der Waals surface area contributed by atoms with Gasteiger partial charge in [-0.25, -0.2) is 4.39 Å². The minimum absolute atomic E-state index is 0.0387. The molecule has 7 nitrogen and oxygen atoms in total.